The summed E-state index contributed by atoms with van der Waals surface area (Å²) in [5.74, 6) is 6.95. The predicted octanol–water partition coefficient (Wildman–Crippen LogP) is 2.40. The molecule has 2 rings (SSSR count). The highest BCUT2D eigenvalue weighted by atomic mass is 16.5. The number of methoxy groups -OCH3 is 1. The monoisotopic (exact) mass is 389 g/mol. The first-order valence-electron chi connectivity index (χ1n) is 10.2. The van der Waals surface area contributed by atoms with E-state index in [1.54, 1.807) is 19.0 Å². The van der Waals surface area contributed by atoms with Gasteiger partial charge in [0.25, 0.3) is 0 Å². The SMILES string of the molecule is C[NH2+]/C(=C\N(N)c1cc(C(C)(C)C)cc(C(C)=O)c1OC)CN1CCCCC1. The van der Waals surface area contributed by atoms with Gasteiger partial charge in [0, 0.05) is 0 Å². The van der Waals surface area contributed by atoms with Gasteiger partial charge in [0.1, 0.15) is 11.4 Å². The van der Waals surface area contributed by atoms with E-state index in [0.717, 1.165) is 30.9 Å². The second-order valence-electron chi connectivity index (χ2n) is 8.62. The van der Waals surface area contributed by atoms with Gasteiger partial charge in [-0.3, -0.25) is 14.7 Å². The number of ketones is 1. The minimum Gasteiger partial charge on any atom is -0.494 e. The first-order valence-corrected chi connectivity index (χ1v) is 10.2. The Morgan fingerprint density at radius 1 is 1.29 bits per heavy atom. The summed E-state index contributed by atoms with van der Waals surface area (Å²) in [7, 11) is 3.62. The molecule has 0 bridgehead atoms. The van der Waals surface area contributed by atoms with Gasteiger partial charge in [-0.25, -0.2) is 5.84 Å². The number of carbonyl (C=O) groups excluding carboxylic acids is 1. The molecule has 4 N–H and O–H groups in total. The summed E-state index contributed by atoms with van der Waals surface area (Å²) >= 11 is 0. The topological polar surface area (TPSA) is 75.4 Å². The van der Waals surface area contributed by atoms with Crippen molar-refractivity contribution in [2.24, 2.45) is 5.84 Å². The van der Waals surface area contributed by atoms with Gasteiger partial charge in [-0.1, -0.05) is 27.2 Å². The van der Waals surface area contributed by atoms with Gasteiger partial charge in [0.15, 0.2) is 11.5 Å². The molecule has 28 heavy (non-hydrogen) atoms. The molecule has 1 saturated heterocycles. The van der Waals surface area contributed by atoms with E-state index in [4.69, 9.17) is 10.6 Å². The lowest BCUT2D eigenvalue weighted by Gasteiger charge is -2.27. The Hall–Kier alpha value is -1.89. The van der Waals surface area contributed by atoms with Crippen LogP contribution in [0.5, 0.6) is 5.75 Å². The van der Waals surface area contributed by atoms with Crippen molar-refractivity contribution in [2.75, 3.05) is 38.8 Å². The summed E-state index contributed by atoms with van der Waals surface area (Å²) in [4.78, 5) is 14.7. The van der Waals surface area contributed by atoms with Crippen LogP contribution in [0.3, 0.4) is 0 Å². The fourth-order valence-corrected chi connectivity index (χ4v) is 3.54. The van der Waals surface area contributed by atoms with Crippen LogP contribution in [-0.4, -0.2) is 44.5 Å². The number of rotatable bonds is 7. The molecule has 0 aliphatic carbocycles. The fraction of sp³-hybridized carbons (Fsp3) is 0.591. The Morgan fingerprint density at radius 3 is 2.43 bits per heavy atom. The van der Waals surface area contributed by atoms with Crippen LogP contribution in [0.15, 0.2) is 24.0 Å². The van der Waals surface area contributed by atoms with E-state index < -0.39 is 0 Å². The van der Waals surface area contributed by atoms with Crippen molar-refractivity contribution in [3.8, 4) is 5.75 Å². The molecule has 1 aromatic rings. The number of hydrazine groups is 1. The van der Waals surface area contributed by atoms with Crippen LogP contribution < -0.4 is 20.9 Å². The zero-order valence-corrected chi connectivity index (χ0v) is 18.3. The molecule has 0 atom stereocenters. The molecule has 0 radical (unpaired) electrons. The number of benzene rings is 1. The van der Waals surface area contributed by atoms with Crippen LogP contribution in [0, 0.1) is 0 Å². The molecule has 0 saturated carbocycles. The largest absolute Gasteiger partial charge is 0.494 e. The van der Waals surface area contributed by atoms with Gasteiger partial charge in [0.05, 0.1) is 32.5 Å². The minimum absolute atomic E-state index is 0.0304. The maximum Gasteiger partial charge on any atom is 0.163 e. The van der Waals surface area contributed by atoms with Gasteiger partial charge < -0.3 is 10.1 Å². The number of ether oxygens (including phenoxy) is 1. The lowest BCUT2D eigenvalue weighted by Crippen LogP contribution is -2.79. The fourth-order valence-electron chi connectivity index (χ4n) is 3.54. The van der Waals surface area contributed by atoms with Crippen molar-refractivity contribution < 1.29 is 14.8 Å². The first-order chi connectivity index (χ1) is 13.2. The number of nitrogens with zero attached hydrogens (tertiary/aromatic N) is 2. The first kappa shape index (κ1) is 22.4. The van der Waals surface area contributed by atoms with Crippen molar-refractivity contribution in [1.29, 1.82) is 0 Å². The van der Waals surface area contributed by atoms with Gasteiger partial charge in [-0.2, -0.15) is 0 Å². The average Bonchev–Trinajstić information content (AvgIpc) is 2.66. The van der Waals surface area contributed by atoms with Gasteiger partial charge in [0.2, 0.25) is 0 Å². The smallest absolute Gasteiger partial charge is 0.163 e. The number of carbonyl (C=O) groups is 1. The number of hydrogen-bond acceptors (Lipinski definition) is 5. The Labute approximate surface area is 169 Å². The lowest BCUT2D eigenvalue weighted by molar-refractivity contribution is -0.578. The predicted molar refractivity (Wildman–Crippen MR) is 115 cm³/mol. The van der Waals surface area contributed by atoms with Crippen molar-refractivity contribution in [3.63, 3.8) is 0 Å². The standard InChI is InChI=1S/C22H36N4O2/c1-16(27)19-12-17(22(2,3)4)13-20(21(19)28-6)26(23)15-18(24-5)14-25-10-8-7-9-11-25/h12-13,15,24H,7-11,14,23H2,1-6H3/p+1/b18-15-. The third-order valence-electron chi connectivity index (χ3n) is 5.33. The quantitative estimate of drug-likeness (QED) is 0.425. The van der Waals surface area contributed by atoms with E-state index >= 15 is 0 Å². The van der Waals surface area contributed by atoms with Crippen LogP contribution in [0.25, 0.3) is 0 Å². The van der Waals surface area contributed by atoms with Crippen LogP contribution in [-0.2, 0) is 5.41 Å². The van der Waals surface area contributed by atoms with Crippen LogP contribution in [0.1, 0.15) is 62.9 Å². The molecule has 0 spiro atoms. The van der Waals surface area contributed by atoms with E-state index in [1.807, 2.05) is 25.4 Å². The molecule has 6 nitrogen and oxygen atoms in total. The highest BCUT2D eigenvalue weighted by molar-refractivity contribution is 5.99. The Bertz CT molecular complexity index is 716. The lowest BCUT2D eigenvalue weighted by atomic mass is 9.85. The molecule has 1 aromatic carbocycles. The molecule has 1 aliphatic rings. The van der Waals surface area contributed by atoms with Gasteiger partial charge in [-0.05, 0) is 56.0 Å². The van der Waals surface area contributed by atoms with E-state index in [9.17, 15) is 4.79 Å². The maximum atomic E-state index is 12.3. The van der Waals surface area contributed by atoms with Crippen molar-refractivity contribution in [2.45, 2.75) is 52.4 Å². The van der Waals surface area contributed by atoms with Crippen molar-refractivity contribution in [1.82, 2.24) is 4.90 Å². The molecule has 156 valence electrons. The van der Waals surface area contributed by atoms with Gasteiger partial charge >= 0.3 is 0 Å². The van der Waals surface area contributed by atoms with Crippen LogP contribution in [0.4, 0.5) is 5.69 Å². The molecular formula is C22H37N4O2+. The number of anilines is 1. The summed E-state index contributed by atoms with van der Waals surface area (Å²) in [6.45, 7) is 11.1. The summed E-state index contributed by atoms with van der Waals surface area (Å²) < 4.78 is 5.60. The second-order valence-corrected chi connectivity index (χ2v) is 8.62. The zero-order chi connectivity index (χ0) is 20.9. The van der Waals surface area contributed by atoms with Crippen molar-refractivity contribution in [3.05, 3.63) is 35.2 Å². The summed E-state index contributed by atoms with van der Waals surface area (Å²) in [6.07, 6.45) is 5.78. The molecule has 1 heterocycles. The normalized spacial score (nSPS) is 16.2. The third-order valence-corrected chi connectivity index (χ3v) is 5.33. The summed E-state index contributed by atoms with van der Waals surface area (Å²) in [5.41, 5.74) is 3.36. The molecule has 0 aromatic heterocycles. The number of quaternary nitrogens is 1. The molecular weight excluding hydrogens is 352 g/mol. The maximum absolute atomic E-state index is 12.3. The summed E-state index contributed by atoms with van der Waals surface area (Å²) in [5, 5.41) is 3.69. The van der Waals surface area contributed by atoms with Crippen LogP contribution in [0.2, 0.25) is 0 Å². The molecule has 0 amide bonds. The highest BCUT2D eigenvalue weighted by Gasteiger charge is 2.23. The van der Waals surface area contributed by atoms with Gasteiger partial charge in [-0.15, -0.1) is 0 Å². The van der Waals surface area contributed by atoms with E-state index in [1.165, 1.54) is 19.3 Å². The molecule has 1 fully saturated rings. The number of likely N-dealkylation sites (tertiary alicyclic amines) is 1. The van der Waals surface area contributed by atoms with Crippen LogP contribution >= 0.6 is 0 Å². The Morgan fingerprint density at radius 2 is 1.93 bits per heavy atom. The highest BCUT2D eigenvalue weighted by Crippen LogP contribution is 2.37. The number of likely N-dealkylation sites (N-methyl/N-ethyl adjacent to an activating group) is 1. The minimum atomic E-state index is -0.108. The second kappa shape index (κ2) is 9.54. The zero-order valence-electron chi connectivity index (χ0n) is 18.3. The third kappa shape index (κ3) is 5.56. The molecule has 6 heteroatoms. The average molecular weight is 390 g/mol. The molecule has 1 aliphatic heterocycles. The number of nitrogens with two attached hydrogens (primary N) is 2. The number of hydrogen-bond donors (Lipinski definition) is 2. The molecule has 0 unspecified atom stereocenters. The Balaban J connectivity index is 2.42. The summed E-state index contributed by atoms with van der Waals surface area (Å²) in [6, 6.07) is 3.94. The number of piperidine rings is 1. The Kier molecular flexibility index (Phi) is 7.63. The van der Waals surface area contributed by atoms with E-state index in [2.05, 4.69) is 31.0 Å². The van der Waals surface area contributed by atoms with E-state index in [-0.39, 0.29) is 11.2 Å². The van der Waals surface area contributed by atoms with E-state index in [0.29, 0.717) is 17.0 Å². The number of Topliss-reactive ketones (excluding diaryl/α,β-unsaturated/α-hetero) is 1. The van der Waals surface area contributed by atoms with Crippen molar-refractivity contribution >= 4 is 11.5 Å².